The molecular weight excluding hydrogens is 312 g/mol. The first-order chi connectivity index (χ1) is 11.2. The Balaban J connectivity index is 2.63. The van der Waals surface area contributed by atoms with Gasteiger partial charge in [0, 0.05) is 17.9 Å². The second-order valence-corrected chi connectivity index (χ2v) is 13.1. The molecule has 1 aliphatic carbocycles. The zero-order chi connectivity index (χ0) is 18.2. The van der Waals surface area contributed by atoms with E-state index in [0.717, 1.165) is 18.4 Å². The maximum absolute atomic E-state index is 12.1. The molecule has 0 amide bonds. The van der Waals surface area contributed by atoms with Crippen LogP contribution in [0.3, 0.4) is 0 Å². The lowest BCUT2D eigenvalue weighted by molar-refractivity contribution is -0.114. The molecule has 0 aromatic rings. The predicted molar refractivity (Wildman–Crippen MR) is 107 cm³/mol. The maximum Gasteiger partial charge on any atom is 0.249 e. The van der Waals surface area contributed by atoms with Gasteiger partial charge in [0.05, 0.1) is 6.26 Å². The number of hydrogen-bond donors (Lipinski definition) is 0. The van der Waals surface area contributed by atoms with E-state index in [0.29, 0.717) is 6.42 Å². The highest BCUT2D eigenvalue weighted by molar-refractivity contribution is 6.74. The molecule has 1 aliphatic rings. The molecule has 0 N–H and O–H groups in total. The van der Waals surface area contributed by atoms with Gasteiger partial charge in [-0.1, -0.05) is 58.8 Å². The van der Waals surface area contributed by atoms with Gasteiger partial charge in [0.15, 0.2) is 5.78 Å². The highest BCUT2D eigenvalue weighted by Crippen LogP contribution is 2.37. The number of carbonyl (C=O) groups excluding carboxylic acids is 1. The predicted octanol–water partition coefficient (Wildman–Crippen LogP) is 6.56. The average molecular weight is 349 g/mol. The van der Waals surface area contributed by atoms with Crippen molar-refractivity contribution >= 4 is 14.1 Å². The molecule has 1 atom stereocenters. The van der Waals surface area contributed by atoms with Crippen LogP contribution >= 0.6 is 0 Å². The van der Waals surface area contributed by atoms with Crippen LogP contribution in [0.15, 0.2) is 36.1 Å². The van der Waals surface area contributed by atoms with Crippen molar-refractivity contribution in [3.05, 3.63) is 36.1 Å². The standard InChI is InChI=1S/C21H36O2Si/c1-7-8-9-10-11-12-13-19-18(14-15-20(19)22)16-17-23-24(5,6)21(2,3)4/h11-13,16-18H,7-10,14-15H2,1-6H3/b12-11+,17-16+,19-13-/t18-/m1/s1. The van der Waals surface area contributed by atoms with Crippen LogP contribution in [0, 0.1) is 5.92 Å². The molecule has 0 unspecified atom stereocenters. The number of unbranched alkanes of at least 4 members (excludes halogenated alkanes) is 3. The SMILES string of the molecule is CCCCC/C=C/C=C1\C(=O)CC[C@@H]1/C=C/O[Si](C)(C)C(C)(C)C. The summed E-state index contributed by atoms with van der Waals surface area (Å²) in [6.45, 7) is 13.4. The van der Waals surface area contributed by atoms with E-state index in [9.17, 15) is 4.79 Å². The van der Waals surface area contributed by atoms with E-state index in [1.165, 1.54) is 19.3 Å². The lowest BCUT2D eigenvalue weighted by atomic mass is 10.0. The van der Waals surface area contributed by atoms with E-state index in [1.54, 1.807) is 0 Å². The Labute approximate surface area is 150 Å². The van der Waals surface area contributed by atoms with Crippen molar-refractivity contribution in [3.8, 4) is 0 Å². The van der Waals surface area contributed by atoms with Crippen molar-refractivity contribution in [2.45, 2.75) is 84.4 Å². The zero-order valence-corrected chi connectivity index (χ0v) is 17.5. The first-order valence-corrected chi connectivity index (χ1v) is 12.3. The molecule has 0 aromatic carbocycles. The molecule has 136 valence electrons. The molecule has 2 nitrogen and oxygen atoms in total. The van der Waals surface area contributed by atoms with Crippen molar-refractivity contribution in [2.24, 2.45) is 5.92 Å². The van der Waals surface area contributed by atoms with Crippen molar-refractivity contribution in [1.29, 1.82) is 0 Å². The quantitative estimate of drug-likeness (QED) is 0.215. The minimum Gasteiger partial charge on any atom is -0.549 e. The fourth-order valence-electron chi connectivity index (χ4n) is 2.47. The van der Waals surface area contributed by atoms with E-state index >= 15 is 0 Å². The highest BCUT2D eigenvalue weighted by Gasteiger charge is 2.38. The summed E-state index contributed by atoms with van der Waals surface area (Å²) >= 11 is 0. The maximum atomic E-state index is 12.1. The second-order valence-electron chi connectivity index (χ2n) is 8.32. The molecular formula is C21H36O2Si. The van der Waals surface area contributed by atoms with E-state index in [-0.39, 0.29) is 16.7 Å². The molecule has 0 heterocycles. The van der Waals surface area contributed by atoms with Gasteiger partial charge >= 0.3 is 0 Å². The summed E-state index contributed by atoms with van der Waals surface area (Å²) in [5, 5.41) is 0.197. The molecule has 0 spiro atoms. The van der Waals surface area contributed by atoms with Gasteiger partial charge in [-0.2, -0.15) is 0 Å². The average Bonchev–Trinajstić information content (AvgIpc) is 2.82. The van der Waals surface area contributed by atoms with Gasteiger partial charge in [-0.05, 0) is 43.5 Å². The Morgan fingerprint density at radius 2 is 1.96 bits per heavy atom. The smallest absolute Gasteiger partial charge is 0.249 e. The van der Waals surface area contributed by atoms with Crippen LogP contribution in [0.25, 0.3) is 0 Å². The largest absolute Gasteiger partial charge is 0.549 e. The van der Waals surface area contributed by atoms with Crippen LogP contribution in [-0.4, -0.2) is 14.1 Å². The van der Waals surface area contributed by atoms with Crippen molar-refractivity contribution in [3.63, 3.8) is 0 Å². The number of Topliss-reactive ketones (excluding diaryl/α,β-unsaturated/α-hetero) is 1. The summed E-state index contributed by atoms with van der Waals surface area (Å²) in [5.41, 5.74) is 0.942. The second kappa shape index (κ2) is 9.41. The van der Waals surface area contributed by atoms with Crippen LogP contribution in [0.1, 0.15) is 66.2 Å². The number of carbonyl (C=O) groups is 1. The summed E-state index contributed by atoms with van der Waals surface area (Å²) in [7, 11) is -1.77. The van der Waals surface area contributed by atoms with Gasteiger partial charge in [-0.3, -0.25) is 4.79 Å². The van der Waals surface area contributed by atoms with Crippen LogP contribution in [0.4, 0.5) is 0 Å². The third-order valence-corrected chi connectivity index (χ3v) is 9.61. The number of ketones is 1. The van der Waals surface area contributed by atoms with Crippen LogP contribution in [0.2, 0.25) is 18.1 Å². The Kier molecular flexibility index (Phi) is 8.21. The lowest BCUT2D eigenvalue weighted by Crippen LogP contribution is -2.39. The Morgan fingerprint density at radius 1 is 1.25 bits per heavy atom. The van der Waals surface area contributed by atoms with E-state index in [1.807, 2.05) is 12.3 Å². The van der Waals surface area contributed by atoms with Gasteiger partial charge in [0.1, 0.15) is 0 Å². The molecule has 1 saturated carbocycles. The number of rotatable bonds is 8. The molecule has 0 radical (unpaired) electrons. The van der Waals surface area contributed by atoms with Crippen LogP contribution in [0.5, 0.6) is 0 Å². The molecule has 0 aromatic heterocycles. The van der Waals surface area contributed by atoms with Gasteiger partial charge in [-0.15, -0.1) is 0 Å². The number of hydrogen-bond acceptors (Lipinski definition) is 2. The summed E-state index contributed by atoms with van der Waals surface area (Å²) in [6, 6.07) is 0. The highest BCUT2D eigenvalue weighted by atomic mass is 28.4. The summed E-state index contributed by atoms with van der Waals surface area (Å²) < 4.78 is 6.11. The van der Waals surface area contributed by atoms with Crippen LogP contribution < -0.4 is 0 Å². The fraction of sp³-hybridized carbons (Fsp3) is 0.667. The normalized spacial score (nSPS) is 21.5. The Bertz CT molecular complexity index is 492. The van der Waals surface area contributed by atoms with E-state index in [2.05, 4.69) is 59.0 Å². The molecule has 24 heavy (non-hydrogen) atoms. The minimum atomic E-state index is -1.77. The van der Waals surface area contributed by atoms with Gasteiger partial charge in [-0.25, -0.2) is 0 Å². The van der Waals surface area contributed by atoms with Crippen molar-refractivity contribution in [2.75, 3.05) is 0 Å². The van der Waals surface area contributed by atoms with Crippen molar-refractivity contribution in [1.82, 2.24) is 0 Å². The summed E-state index contributed by atoms with van der Waals surface area (Å²) in [5.74, 6) is 0.498. The summed E-state index contributed by atoms with van der Waals surface area (Å²) in [4.78, 5) is 12.1. The van der Waals surface area contributed by atoms with Crippen LogP contribution in [-0.2, 0) is 9.22 Å². The van der Waals surface area contributed by atoms with E-state index < -0.39 is 8.32 Å². The Hall–Kier alpha value is -1.09. The van der Waals surface area contributed by atoms with Gasteiger partial charge in [0.2, 0.25) is 8.32 Å². The van der Waals surface area contributed by atoms with Gasteiger partial charge < -0.3 is 4.43 Å². The molecule has 0 aliphatic heterocycles. The minimum absolute atomic E-state index is 0.197. The topological polar surface area (TPSA) is 26.3 Å². The first kappa shape index (κ1) is 21.0. The monoisotopic (exact) mass is 348 g/mol. The molecule has 3 heteroatoms. The lowest BCUT2D eigenvalue weighted by Gasteiger charge is -2.35. The molecule has 1 rings (SSSR count). The molecule has 0 saturated heterocycles. The fourth-order valence-corrected chi connectivity index (χ4v) is 3.24. The summed E-state index contributed by atoms with van der Waals surface area (Å²) in [6.07, 6.45) is 16.6. The molecule has 0 bridgehead atoms. The van der Waals surface area contributed by atoms with Crippen molar-refractivity contribution < 1.29 is 9.22 Å². The third-order valence-electron chi connectivity index (χ3n) is 5.27. The van der Waals surface area contributed by atoms with Gasteiger partial charge in [0.25, 0.3) is 0 Å². The van der Waals surface area contributed by atoms with E-state index in [4.69, 9.17) is 4.43 Å². The zero-order valence-electron chi connectivity index (χ0n) is 16.5. The Morgan fingerprint density at radius 3 is 2.58 bits per heavy atom. The third kappa shape index (κ3) is 6.43. The molecule has 1 fully saturated rings. The number of allylic oxidation sites excluding steroid dienone is 5. The first-order valence-electron chi connectivity index (χ1n) is 9.43.